The molecule has 5 nitrogen and oxygen atoms in total. The van der Waals surface area contributed by atoms with E-state index in [1.165, 1.54) is 6.42 Å². The second-order valence-corrected chi connectivity index (χ2v) is 5.39. The second-order valence-electron chi connectivity index (χ2n) is 5.39. The van der Waals surface area contributed by atoms with Crippen LogP contribution in [0.4, 0.5) is 5.69 Å². The standard InChI is InChI=1S/C16H24N2O3/c17-14-7-1-2-8-15(14)21-12-9-16(20)18(10-4-11-19)13-5-3-6-13/h1-2,7-8,13,19H,3-6,9-12,17H2. The van der Waals surface area contributed by atoms with Crippen molar-refractivity contribution in [3.8, 4) is 5.75 Å². The third-order valence-electron chi connectivity index (χ3n) is 3.89. The molecule has 0 atom stereocenters. The molecule has 5 heteroatoms. The van der Waals surface area contributed by atoms with Gasteiger partial charge in [0, 0.05) is 19.2 Å². The van der Waals surface area contributed by atoms with Gasteiger partial charge in [-0.3, -0.25) is 4.79 Å². The van der Waals surface area contributed by atoms with Gasteiger partial charge in [-0.15, -0.1) is 0 Å². The molecule has 21 heavy (non-hydrogen) atoms. The van der Waals surface area contributed by atoms with Gasteiger partial charge in [0.2, 0.25) is 5.91 Å². The molecule has 0 radical (unpaired) electrons. The Balaban J connectivity index is 1.80. The summed E-state index contributed by atoms with van der Waals surface area (Å²) in [7, 11) is 0. The van der Waals surface area contributed by atoms with Crippen LogP contribution in [0.3, 0.4) is 0 Å². The van der Waals surface area contributed by atoms with Gasteiger partial charge in [-0.1, -0.05) is 12.1 Å². The summed E-state index contributed by atoms with van der Waals surface area (Å²) in [4.78, 5) is 14.2. The molecular weight excluding hydrogens is 268 g/mol. The summed E-state index contributed by atoms with van der Waals surface area (Å²) in [6.07, 6.45) is 4.31. The van der Waals surface area contributed by atoms with Gasteiger partial charge in [0.1, 0.15) is 5.75 Å². The minimum atomic E-state index is 0.0997. The van der Waals surface area contributed by atoms with Crippen LogP contribution < -0.4 is 10.5 Å². The normalized spacial score (nSPS) is 14.5. The highest BCUT2D eigenvalue weighted by atomic mass is 16.5. The zero-order valence-corrected chi connectivity index (χ0v) is 12.3. The maximum atomic E-state index is 12.3. The van der Waals surface area contributed by atoms with Crippen molar-refractivity contribution in [1.82, 2.24) is 4.90 Å². The first-order chi connectivity index (χ1) is 10.2. The first kappa shape index (κ1) is 15.6. The first-order valence-corrected chi connectivity index (χ1v) is 7.60. The molecule has 0 unspecified atom stereocenters. The molecule has 1 aromatic rings. The molecule has 116 valence electrons. The van der Waals surface area contributed by atoms with Crippen LogP contribution in [-0.4, -0.2) is 41.7 Å². The number of nitrogens with zero attached hydrogens (tertiary/aromatic N) is 1. The number of aliphatic hydroxyl groups is 1. The summed E-state index contributed by atoms with van der Waals surface area (Å²) >= 11 is 0. The van der Waals surface area contributed by atoms with Crippen molar-refractivity contribution in [2.75, 3.05) is 25.5 Å². The number of anilines is 1. The van der Waals surface area contributed by atoms with E-state index in [9.17, 15) is 4.79 Å². The van der Waals surface area contributed by atoms with E-state index in [0.29, 0.717) is 43.5 Å². The largest absolute Gasteiger partial charge is 0.491 e. The number of ether oxygens (including phenoxy) is 1. The average molecular weight is 292 g/mol. The lowest BCUT2D eigenvalue weighted by molar-refractivity contribution is -0.136. The number of hydrogen-bond donors (Lipinski definition) is 2. The minimum absolute atomic E-state index is 0.0997. The molecule has 3 N–H and O–H groups in total. The summed E-state index contributed by atoms with van der Waals surface area (Å²) in [5, 5.41) is 8.95. The number of aliphatic hydroxyl groups excluding tert-OH is 1. The topological polar surface area (TPSA) is 75.8 Å². The second kappa shape index (κ2) is 7.88. The number of nitrogen functional groups attached to an aromatic ring is 1. The van der Waals surface area contributed by atoms with E-state index in [1.807, 2.05) is 17.0 Å². The van der Waals surface area contributed by atoms with E-state index in [0.717, 1.165) is 12.8 Å². The fourth-order valence-electron chi connectivity index (χ4n) is 2.45. The SMILES string of the molecule is Nc1ccccc1OCCC(=O)N(CCCO)C1CCC1. The van der Waals surface area contributed by atoms with Crippen molar-refractivity contribution in [2.24, 2.45) is 0 Å². The van der Waals surface area contributed by atoms with E-state index >= 15 is 0 Å². The first-order valence-electron chi connectivity index (χ1n) is 7.60. The predicted octanol–water partition coefficient (Wildman–Crippen LogP) is 1.80. The molecule has 0 saturated heterocycles. The van der Waals surface area contributed by atoms with Gasteiger partial charge in [-0.2, -0.15) is 0 Å². The number of nitrogens with two attached hydrogens (primary N) is 1. The molecule has 2 rings (SSSR count). The number of para-hydroxylation sites is 2. The number of rotatable bonds is 8. The molecule has 1 saturated carbocycles. The molecule has 0 spiro atoms. The lowest BCUT2D eigenvalue weighted by Gasteiger charge is -2.37. The van der Waals surface area contributed by atoms with Gasteiger partial charge in [0.15, 0.2) is 0 Å². The van der Waals surface area contributed by atoms with Gasteiger partial charge >= 0.3 is 0 Å². The number of benzene rings is 1. The van der Waals surface area contributed by atoms with E-state index in [2.05, 4.69) is 0 Å². The van der Waals surface area contributed by atoms with E-state index in [1.54, 1.807) is 12.1 Å². The Labute approximate surface area is 125 Å². The molecule has 0 aromatic heterocycles. The van der Waals surface area contributed by atoms with Gasteiger partial charge in [-0.25, -0.2) is 0 Å². The summed E-state index contributed by atoms with van der Waals surface area (Å²) < 4.78 is 5.57. The number of hydrogen-bond acceptors (Lipinski definition) is 4. The van der Waals surface area contributed by atoms with Gasteiger partial charge in [0.25, 0.3) is 0 Å². The number of carbonyl (C=O) groups excluding carboxylic acids is 1. The van der Waals surface area contributed by atoms with Crippen LogP contribution in [0.1, 0.15) is 32.1 Å². The zero-order chi connectivity index (χ0) is 15.1. The summed E-state index contributed by atoms with van der Waals surface area (Å²) in [6, 6.07) is 7.63. The molecule has 1 fully saturated rings. The smallest absolute Gasteiger partial charge is 0.226 e. The van der Waals surface area contributed by atoms with Crippen molar-refractivity contribution in [3.05, 3.63) is 24.3 Å². The van der Waals surface area contributed by atoms with E-state index < -0.39 is 0 Å². The van der Waals surface area contributed by atoms with Crippen LogP contribution in [-0.2, 0) is 4.79 Å². The van der Waals surface area contributed by atoms with Crippen LogP contribution in [0.15, 0.2) is 24.3 Å². The third-order valence-corrected chi connectivity index (χ3v) is 3.89. The minimum Gasteiger partial charge on any atom is -0.491 e. The van der Waals surface area contributed by atoms with Gasteiger partial charge < -0.3 is 20.5 Å². The van der Waals surface area contributed by atoms with Crippen molar-refractivity contribution < 1.29 is 14.6 Å². The van der Waals surface area contributed by atoms with Crippen LogP contribution in [0, 0.1) is 0 Å². The van der Waals surface area contributed by atoms with Crippen molar-refractivity contribution >= 4 is 11.6 Å². The lowest BCUT2D eigenvalue weighted by atomic mass is 9.91. The third kappa shape index (κ3) is 4.36. The molecular formula is C16H24N2O3. The number of carbonyl (C=O) groups is 1. The molecule has 0 bridgehead atoms. The number of amides is 1. The molecule has 1 aliphatic carbocycles. The van der Waals surface area contributed by atoms with Crippen LogP contribution in [0.5, 0.6) is 5.75 Å². The van der Waals surface area contributed by atoms with Crippen molar-refractivity contribution in [3.63, 3.8) is 0 Å². The van der Waals surface area contributed by atoms with Crippen LogP contribution in [0.25, 0.3) is 0 Å². The Morgan fingerprint density at radius 3 is 2.76 bits per heavy atom. The summed E-state index contributed by atoms with van der Waals surface area (Å²) in [6.45, 7) is 1.08. The fourth-order valence-corrected chi connectivity index (χ4v) is 2.45. The Morgan fingerprint density at radius 2 is 2.14 bits per heavy atom. The fraction of sp³-hybridized carbons (Fsp3) is 0.562. The Bertz CT molecular complexity index is 461. The Hall–Kier alpha value is -1.75. The quantitative estimate of drug-likeness (QED) is 0.716. The summed E-state index contributed by atoms with van der Waals surface area (Å²) in [5.74, 6) is 0.721. The highest BCUT2D eigenvalue weighted by molar-refractivity contribution is 5.76. The van der Waals surface area contributed by atoms with Crippen LogP contribution >= 0.6 is 0 Å². The maximum Gasteiger partial charge on any atom is 0.226 e. The molecule has 1 aromatic carbocycles. The predicted molar refractivity (Wildman–Crippen MR) is 82.0 cm³/mol. The van der Waals surface area contributed by atoms with Crippen LogP contribution in [0.2, 0.25) is 0 Å². The van der Waals surface area contributed by atoms with Gasteiger partial charge in [0.05, 0.1) is 18.7 Å². The van der Waals surface area contributed by atoms with Gasteiger partial charge in [-0.05, 0) is 37.8 Å². The lowest BCUT2D eigenvalue weighted by Crippen LogP contribution is -2.45. The zero-order valence-electron chi connectivity index (χ0n) is 12.3. The summed E-state index contributed by atoms with van der Waals surface area (Å²) in [5.41, 5.74) is 6.38. The average Bonchev–Trinajstić information content (AvgIpc) is 2.43. The van der Waals surface area contributed by atoms with E-state index in [4.69, 9.17) is 15.6 Å². The highest BCUT2D eigenvalue weighted by Gasteiger charge is 2.27. The molecule has 1 aliphatic rings. The maximum absolute atomic E-state index is 12.3. The van der Waals surface area contributed by atoms with E-state index in [-0.39, 0.29) is 12.5 Å². The molecule has 0 aliphatic heterocycles. The molecule has 0 heterocycles. The highest BCUT2D eigenvalue weighted by Crippen LogP contribution is 2.26. The molecule has 1 amide bonds. The van der Waals surface area contributed by atoms with Crippen molar-refractivity contribution in [1.29, 1.82) is 0 Å². The van der Waals surface area contributed by atoms with Crippen molar-refractivity contribution in [2.45, 2.75) is 38.1 Å². The monoisotopic (exact) mass is 292 g/mol. The Morgan fingerprint density at radius 1 is 1.38 bits per heavy atom. The Kier molecular flexibility index (Phi) is 5.87.